The molecule has 0 spiro atoms. The van der Waals surface area contributed by atoms with Gasteiger partial charge in [0.15, 0.2) is 0 Å². The van der Waals surface area contributed by atoms with Gasteiger partial charge >= 0.3 is 5.97 Å². The summed E-state index contributed by atoms with van der Waals surface area (Å²) in [6, 6.07) is 12.9. The van der Waals surface area contributed by atoms with Crippen LogP contribution in [0.5, 0.6) is 5.75 Å². The molecule has 1 atom stereocenters. The zero-order chi connectivity index (χ0) is 20.8. The summed E-state index contributed by atoms with van der Waals surface area (Å²) in [4.78, 5) is 12.4. The van der Waals surface area contributed by atoms with Crippen LogP contribution >= 0.6 is 0 Å². The number of rotatable bonds is 7. The molecule has 1 unspecified atom stereocenters. The molecule has 0 bridgehead atoms. The van der Waals surface area contributed by atoms with Crippen LogP contribution in [0, 0.1) is 5.92 Å². The fraction of sp³-hybridized carbons (Fsp3) is 0.458. The maximum atomic E-state index is 12.4. The van der Waals surface area contributed by atoms with E-state index in [9.17, 15) is 4.79 Å². The number of hydrogen-bond acceptors (Lipinski definition) is 5. The van der Waals surface area contributed by atoms with Crippen LogP contribution in [0.4, 0.5) is 11.4 Å². The lowest BCUT2D eigenvalue weighted by Gasteiger charge is -2.28. The van der Waals surface area contributed by atoms with E-state index in [2.05, 4.69) is 19.1 Å². The number of esters is 1. The smallest absolute Gasteiger partial charge is 0.341 e. The Morgan fingerprint density at radius 1 is 1.00 bits per heavy atom. The summed E-state index contributed by atoms with van der Waals surface area (Å²) in [5.74, 6) is 1.73. The number of benzene rings is 2. The van der Waals surface area contributed by atoms with Crippen LogP contribution in [-0.4, -0.2) is 12.3 Å². The molecule has 1 aliphatic carbocycles. The second-order valence-corrected chi connectivity index (χ2v) is 7.94. The largest absolute Gasteiger partial charge is 0.455 e. The van der Waals surface area contributed by atoms with Crippen molar-refractivity contribution in [3.05, 3.63) is 53.6 Å². The van der Waals surface area contributed by atoms with Crippen molar-refractivity contribution in [3.8, 4) is 5.75 Å². The molecule has 2 aromatic carbocycles. The van der Waals surface area contributed by atoms with E-state index in [1.54, 1.807) is 18.2 Å². The number of nitrogen functional groups attached to an aromatic ring is 2. The Balaban J connectivity index is 1.58. The molecule has 29 heavy (non-hydrogen) atoms. The SMILES string of the molecule is CCC1CCC(c2ccc(OC(CC)OC(=O)c3cc(N)cc(N)c3)cc2)CC1. The number of anilines is 2. The quantitative estimate of drug-likeness (QED) is 0.366. The first-order valence-corrected chi connectivity index (χ1v) is 10.6. The second kappa shape index (κ2) is 9.68. The van der Waals surface area contributed by atoms with E-state index in [1.165, 1.54) is 37.7 Å². The van der Waals surface area contributed by atoms with Gasteiger partial charge in [-0.3, -0.25) is 0 Å². The molecule has 0 saturated heterocycles. The van der Waals surface area contributed by atoms with E-state index in [0.717, 1.165) is 5.92 Å². The van der Waals surface area contributed by atoms with Gasteiger partial charge in [-0.15, -0.1) is 0 Å². The maximum Gasteiger partial charge on any atom is 0.341 e. The topological polar surface area (TPSA) is 87.6 Å². The van der Waals surface area contributed by atoms with Crippen molar-refractivity contribution in [3.63, 3.8) is 0 Å². The van der Waals surface area contributed by atoms with Gasteiger partial charge in [-0.05, 0) is 73.4 Å². The van der Waals surface area contributed by atoms with E-state index in [-0.39, 0.29) is 0 Å². The Labute approximate surface area is 173 Å². The normalized spacial score (nSPS) is 20.1. The highest BCUT2D eigenvalue weighted by atomic mass is 16.7. The van der Waals surface area contributed by atoms with Crippen molar-refractivity contribution in [1.82, 2.24) is 0 Å². The lowest BCUT2D eigenvalue weighted by Crippen LogP contribution is -2.23. The van der Waals surface area contributed by atoms with Crippen LogP contribution in [-0.2, 0) is 4.74 Å². The van der Waals surface area contributed by atoms with Crippen LogP contribution in [0.3, 0.4) is 0 Å². The molecule has 0 heterocycles. The Morgan fingerprint density at radius 3 is 2.17 bits per heavy atom. The van der Waals surface area contributed by atoms with Crippen LogP contribution in [0.1, 0.15) is 74.2 Å². The van der Waals surface area contributed by atoms with E-state index in [4.69, 9.17) is 20.9 Å². The Morgan fingerprint density at radius 2 is 1.62 bits per heavy atom. The maximum absolute atomic E-state index is 12.4. The van der Waals surface area contributed by atoms with Gasteiger partial charge in [0, 0.05) is 17.8 Å². The van der Waals surface area contributed by atoms with E-state index in [1.807, 2.05) is 19.1 Å². The average Bonchev–Trinajstić information content (AvgIpc) is 2.73. The second-order valence-electron chi connectivity index (χ2n) is 7.94. The van der Waals surface area contributed by atoms with E-state index < -0.39 is 12.3 Å². The van der Waals surface area contributed by atoms with E-state index >= 15 is 0 Å². The predicted octanol–water partition coefficient (Wildman–Crippen LogP) is 5.51. The molecule has 156 valence electrons. The first kappa shape index (κ1) is 21.0. The highest BCUT2D eigenvalue weighted by Crippen LogP contribution is 2.37. The van der Waals surface area contributed by atoms with Crippen molar-refractivity contribution in [2.45, 2.75) is 64.6 Å². The molecule has 3 rings (SSSR count). The first-order valence-electron chi connectivity index (χ1n) is 10.6. The standard InChI is InChI=1S/C24H32N2O3/c1-3-16-5-7-17(8-6-16)18-9-11-22(12-10-18)28-23(4-2)29-24(27)19-13-20(25)15-21(26)14-19/h9-17,23H,3-8,25-26H2,1-2H3. The van der Waals surface area contributed by atoms with Crippen LogP contribution in [0.25, 0.3) is 0 Å². The van der Waals surface area contributed by atoms with Gasteiger partial charge in [-0.25, -0.2) is 4.79 Å². The molecule has 0 aromatic heterocycles. The molecule has 4 N–H and O–H groups in total. The van der Waals surface area contributed by atoms with Gasteiger partial charge in [-0.2, -0.15) is 0 Å². The average molecular weight is 397 g/mol. The molecule has 2 aromatic rings. The third kappa shape index (κ3) is 5.66. The lowest BCUT2D eigenvalue weighted by atomic mass is 9.78. The molecular weight excluding hydrogens is 364 g/mol. The van der Waals surface area contributed by atoms with Gasteiger partial charge in [0.05, 0.1) is 5.56 Å². The molecule has 1 fully saturated rings. The third-order valence-electron chi connectivity index (χ3n) is 5.83. The van der Waals surface area contributed by atoms with Crippen molar-refractivity contribution >= 4 is 17.3 Å². The Bertz CT molecular complexity index is 791. The molecule has 1 saturated carbocycles. The monoisotopic (exact) mass is 396 g/mol. The van der Waals surface area contributed by atoms with Crippen LogP contribution in [0.15, 0.2) is 42.5 Å². The van der Waals surface area contributed by atoms with Crippen LogP contribution in [0.2, 0.25) is 0 Å². The number of carbonyl (C=O) groups excluding carboxylic acids is 1. The van der Waals surface area contributed by atoms with Gasteiger partial charge in [0.1, 0.15) is 5.75 Å². The lowest BCUT2D eigenvalue weighted by molar-refractivity contribution is -0.0497. The van der Waals surface area contributed by atoms with Crippen LogP contribution < -0.4 is 16.2 Å². The minimum Gasteiger partial charge on any atom is -0.455 e. The molecule has 5 nitrogen and oxygen atoms in total. The van der Waals surface area contributed by atoms with Gasteiger partial charge in [0.2, 0.25) is 6.29 Å². The fourth-order valence-electron chi connectivity index (χ4n) is 4.05. The molecule has 5 heteroatoms. The summed E-state index contributed by atoms with van der Waals surface area (Å²) in [5, 5.41) is 0. The molecule has 0 aliphatic heterocycles. The van der Waals surface area contributed by atoms with Gasteiger partial charge in [0.25, 0.3) is 0 Å². The first-order chi connectivity index (χ1) is 14.0. The summed E-state index contributed by atoms with van der Waals surface area (Å²) >= 11 is 0. The predicted molar refractivity (Wildman–Crippen MR) is 117 cm³/mol. The molecular formula is C24H32N2O3. The van der Waals surface area contributed by atoms with Gasteiger partial charge < -0.3 is 20.9 Å². The molecule has 1 aliphatic rings. The summed E-state index contributed by atoms with van der Waals surface area (Å²) in [7, 11) is 0. The number of ether oxygens (including phenoxy) is 2. The zero-order valence-corrected chi connectivity index (χ0v) is 17.4. The van der Waals surface area contributed by atoms with Gasteiger partial charge in [-0.1, -0.05) is 32.4 Å². The van der Waals surface area contributed by atoms with Crippen molar-refractivity contribution in [2.75, 3.05) is 11.5 Å². The van der Waals surface area contributed by atoms with Crippen molar-refractivity contribution in [1.29, 1.82) is 0 Å². The number of carbonyl (C=O) groups is 1. The Kier molecular flexibility index (Phi) is 7.02. The summed E-state index contributed by atoms with van der Waals surface area (Å²) < 4.78 is 11.4. The fourth-order valence-corrected chi connectivity index (χ4v) is 4.05. The Hall–Kier alpha value is -2.69. The minimum absolute atomic E-state index is 0.322. The van der Waals surface area contributed by atoms with E-state index in [0.29, 0.717) is 35.0 Å². The highest BCUT2D eigenvalue weighted by molar-refractivity contribution is 5.91. The summed E-state index contributed by atoms with van der Waals surface area (Å²) in [6.07, 6.45) is 6.32. The third-order valence-corrected chi connectivity index (χ3v) is 5.83. The molecule has 0 radical (unpaired) electrons. The highest BCUT2D eigenvalue weighted by Gasteiger charge is 2.21. The number of hydrogen-bond donors (Lipinski definition) is 2. The zero-order valence-electron chi connectivity index (χ0n) is 17.4. The van der Waals surface area contributed by atoms with Crippen molar-refractivity contribution in [2.24, 2.45) is 5.92 Å². The molecule has 0 amide bonds. The number of nitrogens with two attached hydrogens (primary N) is 2. The minimum atomic E-state index is -0.670. The summed E-state index contributed by atoms with van der Waals surface area (Å²) in [5.41, 5.74) is 14.1. The van der Waals surface area contributed by atoms with Crippen molar-refractivity contribution < 1.29 is 14.3 Å². The summed E-state index contributed by atoms with van der Waals surface area (Å²) in [6.45, 7) is 4.20.